The van der Waals surface area contributed by atoms with Gasteiger partial charge in [0.15, 0.2) is 11.6 Å². The highest BCUT2D eigenvalue weighted by molar-refractivity contribution is 5.86. The van der Waals surface area contributed by atoms with Gasteiger partial charge in [0.25, 0.3) is 0 Å². The van der Waals surface area contributed by atoms with Gasteiger partial charge in [0.05, 0.1) is 0 Å². The predicted molar refractivity (Wildman–Crippen MR) is 71.2 cm³/mol. The summed E-state index contributed by atoms with van der Waals surface area (Å²) < 4.78 is 5.48. The van der Waals surface area contributed by atoms with E-state index in [4.69, 9.17) is 9.52 Å². The number of aromatic carboxylic acids is 1. The van der Waals surface area contributed by atoms with Crippen molar-refractivity contribution in [1.29, 1.82) is 0 Å². The molecule has 0 radical (unpaired) electrons. The van der Waals surface area contributed by atoms with Crippen LogP contribution in [0.2, 0.25) is 0 Å². The summed E-state index contributed by atoms with van der Waals surface area (Å²) in [5.74, 6) is -0.231. The van der Waals surface area contributed by atoms with Crippen LogP contribution in [0.25, 0.3) is 0 Å². The molecule has 0 fully saturated rings. The van der Waals surface area contributed by atoms with Gasteiger partial charge in [-0.05, 0) is 12.0 Å². The third-order valence-electron chi connectivity index (χ3n) is 2.75. The van der Waals surface area contributed by atoms with Crippen molar-refractivity contribution in [3.8, 4) is 0 Å². The minimum atomic E-state index is -1.05. The minimum Gasteiger partial charge on any atom is -0.476 e. The Bertz CT molecular complexity index is 572. The van der Waals surface area contributed by atoms with Crippen molar-refractivity contribution in [2.75, 3.05) is 0 Å². The van der Waals surface area contributed by atoms with Crippen LogP contribution < -0.4 is 0 Å². The third-order valence-corrected chi connectivity index (χ3v) is 2.75. The van der Waals surface area contributed by atoms with Crippen LogP contribution in [-0.2, 0) is 19.3 Å². The fourth-order valence-corrected chi connectivity index (χ4v) is 1.85. The van der Waals surface area contributed by atoms with Gasteiger partial charge >= 0.3 is 5.97 Å². The van der Waals surface area contributed by atoms with Crippen LogP contribution in [0.3, 0.4) is 0 Å². The van der Waals surface area contributed by atoms with Crippen molar-refractivity contribution in [3.05, 3.63) is 65.9 Å². The average Bonchev–Trinajstić information content (AvgIpc) is 2.81. The summed E-state index contributed by atoms with van der Waals surface area (Å²) in [5, 5.41) is 9.10. The highest BCUT2D eigenvalue weighted by Crippen LogP contribution is 2.15. The number of allylic oxidation sites excluding steroid dienone is 1. The number of carbonyl (C=O) groups is 1. The van der Waals surface area contributed by atoms with E-state index in [9.17, 15) is 4.79 Å². The summed E-state index contributed by atoms with van der Waals surface area (Å²) in [7, 11) is 0. The first-order chi connectivity index (χ1) is 9.20. The number of aryl methyl sites for hydroxylation is 2. The molecular formula is C15H15NO3. The molecule has 0 bridgehead atoms. The summed E-state index contributed by atoms with van der Waals surface area (Å²) in [5.41, 5.74) is 1.15. The first-order valence-electron chi connectivity index (χ1n) is 6.07. The maximum Gasteiger partial charge on any atom is 0.358 e. The number of oxazole rings is 1. The molecule has 0 saturated heterocycles. The fourth-order valence-electron chi connectivity index (χ4n) is 1.85. The summed E-state index contributed by atoms with van der Waals surface area (Å²) in [6.07, 6.45) is 3.32. The van der Waals surface area contributed by atoms with Crippen LogP contribution in [0.15, 0.2) is 47.4 Å². The molecule has 0 atom stereocenters. The Hall–Kier alpha value is -2.36. The second kappa shape index (κ2) is 6.00. The van der Waals surface area contributed by atoms with Gasteiger partial charge in [-0.1, -0.05) is 36.4 Å². The van der Waals surface area contributed by atoms with Gasteiger partial charge in [-0.3, -0.25) is 0 Å². The Morgan fingerprint density at radius 1 is 1.32 bits per heavy atom. The monoisotopic (exact) mass is 257 g/mol. The van der Waals surface area contributed by atoms with Crippen LogP contribution in [0.1, 0.15) is 27.7 Å². The molecule has 1 heterocycles. The molecule has 0 amide bonds. The van der Waals surface area contributed by atoms with E-state index in [2.05, 4.69) is 11.6 Å². The third kappa shape index (κ3) is 3.31. The number of nitrogens with zero attached hydrogens (tertiary/aromatic N) is 1. The molecule has 98 valence electrons. The summed E-state index contributed by atoms with van der Waals surface area (Å²) >= 11 is 0. The number of aromatic nitrogens is 1. The van der Waals surface area contributed by atoms with Crippen molar-refractivity contribution in [1.82, 2.24) is 4.98 Å². The maximum absolute atomic E-state index is 11.1. The lowest BCUT2D eigenvalue weighted by atomic mass is 10.1. The van der Waals surface area contributed by atoms with E-state index in [-0.39, 0.29) is 5.69 Å². The molecule has 19 heavy (non-hydrogen) atoms. The number of rotatable bonds is 6. The average molecular weight is 257 g/mol. The Morgan fingerprint density at radius 3 is 2.68 bits per heavy atom. The summed E-state index contributed by atoms with van der Waals surface area (Å²) in [6, 6.07) is 9.86. The standard InChI is InChI=1S/C15H15NO3/c1-2-6-13-16-14(15(17)18)12(19-13)10-9-11-7-4-3-5-8-11/h2-5,7-8H,1,6,9-10H2,(H,17,18). The van der Waals surface area contributed by atoms with E-state index < -0.39 is 5.97 Å². The quantitative estimate of drug-likeness (QED) is 0.808. The van der Waals surface area contributed by atoms with Gasteiger partial charge in [-0.25, -0.2) is 9.78 Å². The topological polar surface area (TPSA) is 63.3 Å². The van der Waals surface area contributed by atoms with E-state index >= 15 is 0 Å². The molecule has 4 heteroatoms. The van der Waals surface area contributed by atoms with E-state index in [0.717, 1.165) is 12.0 Å². The molecule has 2 rings (SSSR count). The van der Waals surface area contributed by atoms with E-state index in [1.54, 1.807) is 6.08 Å². The van der Waals surface area contributed by atoms with Gasteiger partial charge in [0.1, 0.15) is 5.76 Å². The van der Waals surface area contributed by atoms with E-state index in [0.29, 0.717) is 24.5 Å². The Morgan fingerprint density at radius 2 is 2.05 bits per heavy atom. The van der Waals surface area contributed by atoms with Crippen molar-refractivity contribution in [2.24, 2.45) is 0 Å². The molecule has 1 aromatic heterocycles. The van der Waals surface area contributed by atoms with Crippen molar-refractivity contribution < 1.29 is 14.3 Å². The Balaban J connectivity index is 2.14. The van der Waals surface area contributed by atoms with Crippen molar-refractivity contribution in [3.63, 3.8) is 0 Å². The van der Waals surface area contributed by atoms with Gasteiger partial charge in [-0.2, -0.15) is 0 Å². The van der Waals surface area contributed by atoms with E-state index in [1.807, 2.05) is 30.3 Å². The summed E-state index contributed by atoms with van der Waals surface area (Å²) in [6.45, 7) is 3.59. The van der Waals surface area contributed by atoms with Gasteiger partial charge in [0, 0.05) is 12.8 Å². The highest BCUT2D eigenvalue weighted by atomic mass is 16.4. The van der Waals surface area contributed by atoms with Gasteiger partial charge in [-0.15, -0.1) is 6.58 Å². The smallest absolute Gasteiger partial charge is 0.358 e. The van der Waals surface area contributed by atoms with Crippen LogP contribution in [0.5, 0.6) is 0 Å². The minimum absolute atomic E-state index is 0.00720. The molecule has 4 nitrogen and oxygen atoms in total. The first-order valence-corrected chi connectivity index (χ1v) is 6.07. The molecule has 2 aromatic rings. The highest BCUT2D eigenvalue weighted by Gasteiger charge is 2.18. The fraction of sp³-hybridized carbons (Fsp3) is 0.200. The molecule has 0 saturated carbocycles. The number of carboxylic acids is 1. The zero-order valence-corrected chi connectivity index (χ0v) is 10.5. The van der Waals surface area contributed by atoms with Crippen molar-refractivity contribution >= 4 is 5.97 Å². The second-order valence-electron chi connectivity index (χ2n) is 4.16. The molecule has 0 unspecified atom stereocenters. The number of benzene rings is 1. The van der Waals surface area contributed by atoms with Crippen LogP contribution in [0, 0.1) is 0 Å². The zero-order valence-electron chi connectivity index (χ0n) is 10.5. The first kappa shape index (κ1) is 13.1. The molecule has 1 aromatic carbocycles. The van der Waals surface area contributed by atoms with Gasteiger partial charge < -0.3 is 9.52 Å². The predicted octanol–water partition coefficient (Wildman–Crippen LogP) is 2.89. The van der Waals surface area contributed by atoms with Crippen LogP contribution in [-0.4, -0.2) is 16.1 Å². The Labute approximate surface area is 111 Å². The lowest BCUT2D eigenvalue weighted by molar-refractivity contribution is 0.0688. The molecule has 0 spiro atoms. The van der Waals surface area contributed by atoms with Gasteiger partial charge in [0.2, 0.25) is 0 Å². The zero-order chi connectivity index (χ0) is 13.7. The SMILES string of the molecule is C=CCc1nc(C(=O)O)c(CCc2ccccc2)o1. The summed E-state index contributed by atoms with van der Waals surface area (Å²) in [4.78, 5) is 15.1. The lowest BCUT2D eigenvalue weighted by Crippen LogP contribution is -2.02. The molecule has 0 aliphatic rings. The largest absolute Gasteiger partial charge is 0.476 e. The Kier molecular flexibility index (Phi) is 4.13. The number of hydrogen-bond donors (Lipinski definition) is 1. The molecular weight excluding hydrogens is 242 g/mol. The van der Waals surface area contributed by atoms with Crippen LogP contribution in [0.4, 0.5) is 0 Å². The second-order valence-corrected chi connectivity index (χ2v) is 4.16. The van der Waals surface area contributed by atoms with E-state index in [1.165, 1.54) is 0 Å². The maximum atomic E-state index is 11.1. The normalized spacial score (nSPS) is 10.3. The van der Waals surface area contributed by atoms with Crippen molar-refractivity contribution in [2.45, 2.75) is 19.3 Å². The molecule has 1 N–H and O–H groups in total. The molecule has 0 aliphatic carbocycles. The van der Waals surface area contributed by atoms with Crippen LogP contribution >= 0.6 is 0 Å². The molecule has 0 aliphatic heterocycles. The number of carboxylic acid groups (broad SMARTS) is 1. The number of hydrogen-bond acceptors (Lipinski definition) is 3. The lowest BCUT2D eigenvalue weighted by Gasteiger charge is -1.99.